The molecule has 0 saturated carbocycles. The third kappa shape index (κ3) is 31.3. The number of imide groups is 1. The fourth-order valence-corrected chi connectivity index (χ4v) is 5.99. The van der Waals surface area contributed by atoms with Gasteiger partial charge in [0.2, 0.25) is 0 Å². The molecule has 0 aliphatic heterocycles. The Hall–Kier alpha value is -0.450. The Labute approximate surface area is 276 Å². The van der Waals surface area contributed by atoms with Gasteiger partial charge in [0.1, 0.15) is 0 Å². The fourth-order valence-electron chi connectivity index (χ4n) is 5.99. The van der Waals surface area contributed by atoms with Crippen LogP contribution in [-0.2, 0) is 9.59 Å². The average Bonchev–Trinajstić information content (AvgIpc) is 2.96. The molecule has 2 amide bonds. The van der Waals surface area contributed by atoms with Crippen LogP contribution in [0.25, 0.3) is 0 Å². The molecule has 0 rings (SSSR count). The monoisotopic (exact) mass is 632 g/mol. The largest absolute Gasteiger partial charge is 1.00 e. The number of carbonyl (C=O) groups is 2. The van der Waals surface area contributed by atoms with E-state index < -0.39 is 0 Å². The van der Waals surface area contributed by atoms with Crippen molar-refractivity contribution in [2.75, 3.05) is 14.1 Å². The van der Waals surface area contributed by atoms with E-state index in [1.807, 2.05) is 0 Å². The summed E-state index contributed by atoms with van der Waals surface area (Å²) in [6, 6.07) is 0. The van der Waals surface area contributed by atoms with Crippen molar-refractivity contribution in [2.24, 2.45) is 0 Å². The number of unbranched alkanes of at least 4 members (excludes halogenated alkanes) is 28. The Morgan fingerprint density at radius 1 is 0.349 bits per heavy atom. The highest BCUT2D eigenvalue weighted by atomic mass is 35.5. The molecule has 0 aromatic rings. The third-order valence-corrected chi connectivity index (χ3v) is 9.24. The fraction of sp³-hybridized carbons (Fsp3) is 0.947. The van der Waals surface area contributed by atoms with Gasteiger partial charge in [-0.1, -0.05) is 194 Å². The van der Waals surface area contributed by atoms with Crippen molar-refractivity contribution in [3.8, 4) is 0 Å². The molecule has 0 aromatic carbocycles. The van der Waals surface area contributed by atoms with Gasteiger partial charge < -0.3 is 17.9 Å². The lowest BCUT2D eigenvalue weighted by Gasteiger charge is -2.24. The van der Waals surface area contributed by atoms with Gasteiger partial charge in [0.05, 0.1) is 26.9 Å². The maximum Gasteiger partial charge on any atom is 0.320 e. The SMILES string of the molecule is CCCCCCCCCCCCCCCCCC(=O)[N+](C)(C)C(=O)CCCCCCCCCCCCCCCCC.O.[Cl-]. The molecule has 0 heterocycles. The summed E-state index contributed by atoms with van der Waals surface area (Å²) in [5, 5.41) is 0. The van der Waals surface area contributed by atoms with Crippen LogP contribution in [0.3, 0.4) is 0 Å². The van der Waals surface area contributed by atoms with Gasteiger partial charge in [-0.05, 0) is 12.8 Å². The summed E-state index contributed by atoms with van der Waals surface area (Å²) >= 11 is 0. The number of hydrogen-bond acceptors (Lipinski definition) is 2. The molecule has 0 saturated heterocycles. The lowest BCUT2D eigenvalue weighted by molar-refractivity contribution is -0.736. The zero-order valence-electron chi connectivity index (χ0n) is 29.8. The minimum absolute atomic E-state index is 0. The summed E-state index contributed by atoms with van der Waals surface area (Å²) in [7, 11) is 3.61. The Morgan fingerprint density at radius 3 is 0.698 bits per heavy atom. The van der Waals surface area contributed by atoms with Crippen LogP contribution in [0.15, 0.2) is 0 Å². The summed E-state index contributed by atoms with van der Waals surface area (Å²) in [6.07, 6.45) is 41.0. The molecule has 5 heteroatoms. The molecule has 0 spiro atoms. The van der Waals surface area contributed by atoms with Crippen LogP contribution >= 0.6 is 0 Å². The molecule has 0 fully saturated rings. The van der Waals surface area contributed by atoms with E-state index in [1.54, 1.807) is 14.1 Å². The van der Waals surface area contributed by atoms with Gasteiger partial charge in [-0.15, -0.1) is 0 Å². The van der Waals surface area contributed by atoms with E-state index in [-0.39, 0.29) is 34.2 Å². The molecule has 0 unspecified atom stereocenters. The predicted molar refractivity (Wildman–Crippen MR) is 185 cm³/mol. The van der Waals surface area contributed by atoms with E-state index in [0.29, 0.717) is 12.8 Å². The number of amides is 2. The number of nitrogens with zero attached hydrogens (tertiary/aromatic N) is 1. The molecule has 0 bridgehead atoms. The summed E-state index contributed by atoms with van der Waals surface area (Å²) in [6.45, 7) is 4.57. The van der Waals surface area contributed by atoms with Crippen molar-refractivity contribution in [3.63, 3.8) is 0 Å². The van der Waals surface area contributed by atoms with Crippen molar-refractivity contribution in [2.45, 2.75) is 219 Å². The van der Waals surface area contributed by atoms with E-state index in [4.69, 9.17) is 0 Å². The van der Waals surface area contributed by atoms with Gasteiger partial charge >= 0.3 is 11.8 Å². The second-order valence-corrected chi connectivity index (χ2v) is 13.6. The number of hydrogen-bond donors (Lipinski definition) is 0. The highest BCUT2D eigenvalue weighted by molar-refractivity contribution is 5.84. The predicted octanol–water partition coefficient (Wildman–Crippen LogP) is 8.82. The second-order valence-electron chi connectivity index (χ2n) is 13.6. The second kappa shape index (κ2) is 36.0. The van der Waals surface area contributed by atoms with Crippen LogP contribution in [0.4, 0.5) is 0 Å². The number of halogens is 1. The summed E-state index contributed by atoms with van der Waals surface area (Å²) in [5.41, 5.74) is 0. The highest BCUT2D eigenvalue weighted by Gasteiger charge is 2.33. The maximum absolute atomic E-state index is 12.8. The van der Waals surface area contributed by atoms with E-state index in [9.17, 15) is 9.59 Å². The van der Waals surface area contributed by atoms with Crippen LogP contribution in [0.2, 0.25) is 0 Å². The van der Waals surface area contributed by atoms with E-state index in [0.717, 1.165) is 25.7 Å². The Bertz CT molecular complexity index is 534. The zero-order chi connectivity index (χ0) is 30.3. The van der Waals surface area contributed by atoms with Crippen LogP contribution in [-0.4, -0.2) is 35.9 Å². The first-order valence-corrected chi connectivity index (χ1v) is 18.9. The van der Waals surface area contributed by atoms with Crippen LogP contribution in [0.1, 0.15) is 219 Å². The smallest absolute Gasteiger partial charge is 0.320 e. The van der Waals surface area contributed by atoms with Crippen molar-refractivity contribution in [3.05, 3.63) is 0 Å². The lowest BCUT2D eigenvalue weighted by Crippen LogP contribution is -3.00. The third-order valence-electron chi connectivity index (χ3n) is 9.24. The van der Waals surface area contributed by atoms with Gasteiger partial charge in [0.25, 0.3) is 0 Å². The topological polar surface area (TPSA) is 65.6 Å². The Morgan fingerprint density at radius 2 is 0.512 bits per heavy atom. The highest BCUT2D eigenvalue weighted by Crippen LogP contribution is 2.17. The van der Waals surface area contributed by atoms with E-state index in [1.165, 1.54) is 167 Å². The Balaban J connectivity index is -0.00000800. The molecule has 0 radical (unpaired) electrons. The lowest BCUT2D eigenvalue weighted by atomic mass is 10.0. The molecule has 260 valence electrons. The molecule has 43 heavy (non-hydrogen) atoms. The normalized spacial score (nSPS) is 11.3. The van der Waals surface area contributed by atoms with E-state index >= 15 is 0 Å². The molecular weight excluding hydrogens is 554 g/mol. The molecule has 0 aliphatic carbocycles. The van der Waals surface area contributed by atoms with Crippen LogP contribution in [0, 0.1) is 0 Å². The van der Waals surface area contributed by atoms with Gasteiger partial charge in [-0.2, -0.15) is 0 Å². The minimum atomic E-state index is -0.0583. The molecular formula is C38H78ClNO3. The minimum Gasteiger partial charge on any atom is -1.00 e. The van der Waals surface area contributed by atoms with Gasteiger partial charge in [0.15, 0.2) is 0 Å². The average molecular weight is 632 g/mol. The molecule has 0 aliphatic rings. The summed E-state index contributed by atoms with van der Waals surface area (Å²) in [4.78, 5) is 25.5. The van der Waals surface area contributed by atoms with Crippen LogP contribution in [0.5, 0.6) is 0 Å². The van der Waals surface area contributed by atoms with Crippen molar-refractivity contribution < 1.29 is 32.0 Å². The number of quaternary nitrogens is 1. The molecule has 4 nitrogen and oxygen atoms in total. The molecule has 0 atom stereocenters. The zero-order valence-corrected chi connectivity index (χ0v) is 30.5. The first-order valence-electron chi connectivity index (χ1n) is 18.9. The number of rotatable bonds is 32. The molecule has 0 aromatic heterocycles. The number of carbonyl (C=O) groups excluding carboxylic acids is 2. The van der Waals surface area contributed by atoms with Crippen LogP contribution < -0.4 is 12.4 Å². The Kier molecular flexibility index (Phi) is 39.3. The summed E-state index contributed by atoms with van der Waals surface area (Å²) in [5.74, 6) is 0.205. The summed E-state index contributed by atoms with van der Waals surface area (Å²) < 4.78 is -0.0583. The first kappa shape index (κ1) is 47.0. The maximum atomic E-state index is 12.8. The van der Waals surface area contributed by atoms with Crippen molar-refractivity contribution in [1.29, 1.82) is 0 Å². The quantitative estimate of drug-likeness (QED) is 0.0550. The van der Waals surface area contributed by atoms with Crippen molar-refractivity contribution in [1.82, 2.24) is 0 Å². The molecule has 2 N–H and O–H groups in total. The van der Waals surface area contributed by atoms with Gasteiger partial charge in [0, 0.05) is 0 Å². The van der Waals surface area contributed by atoms with E-state index in [2.05, 4.69) is 13.8 Å². The standard InChI is InChI=1S/C38H76NO2.ClH.H2O/c1-5-7-9-11-13-15-17-19-21-23-25-27-29-31-33-35-37(40)39(3,4)38(41)36-34-32-30-28-26-24-22-20-18-16-14-12-10-8-6-2;;/h5-36H2,1-4H3;1H;1H2/q+1;;/p-1. The van der Waals surface area contributed by atoms with Gasteiger partial charge in [-0.3, -0.25) is 0 Å². The first-order chi connectivity index (χ1) is 20.0. The van der Waals surface area contributed by atoms with Crippen molar-refractivity contribution >= 4 is 11.8 Å². The van der Waals surface area contributed by atoms with Gasteiger partial charge in [-0.25, -0.2) is 14.1 Å².